The predicted octanol–water partition coefficient (Wildman–Crippen LogP) is 3.40. The van der Waals surface area contributed by atoms with Crippen LogP contribution in [0.15, 0.2) is 47.4 Å². The fourth-order valence-electron chi connectivity index (χ4n) is 3.69. The molecular formula is C21H22F3N5O3. The summed E-state index contributed by atoms with van der Waals surface area (Å²) in [6.45, 7) is 5.47. The Morgan fingerprint density at radius 3 is 2.53 bits per heavy atom. The van der Waals surface area contributed by atoms with E-state index in [9.17, 15) is 22.8 Å². The second-order valence-electron chi connectivity index (χ2n) is 7.49. The molecular weight excluding hydrogens is 427 g/mol. The molecule has 0 bridgehead atoms. The highest BCUT2D eigenvalue weighted by Gasteiger charge is 2.35. The Morgan fingerprint density at radius 1 is 1.22 bits per heavy atom. The summed E-state index contributed by atoms with van der Waals surface area (Å²) in [6, 6.07) is -0.572. The van der Waals surface area contributed by atoms with Crippen LogP contribution in [0.25, 0.3) is 0 Å². The van der Waals surface area contributed by atoms with Crippen LogP contribution >= 0.6 is 0 Å². The van der Waals surface area contributed by atoms with Crippen molar-refractivity contribution in [2.45, 2.75) is 32.2 Å². The number of nitrogens with zero attached hydrogens (tertiary/aromatic N) is 5. The van der Waals surface area contributed by atoms with Crippen LogP contribution in [0.2, 0.25) is 0 Å². The van der Waals surface area contributed by atoms with Crippen LogP contribution in [0.5, 0.6) is 0 Å². The van der Waals surface area contributed by atoms with Crippen LogP contribution in [-0.2, 0) is 4.79 Å². The number of hydrogen-bond acceptors (Lipinski definition) is 6. The molecule has 1 fully saturated rings. The third kappa shape index (κ3) is 5.04. The van der Waals surface area contributed by atoms with E-state index in [0.717, 1.165) is 25.4 Å². The first-order chi connectivity index (χ1) is 15.2. The quantitative estimate of drug-likeness (QED) is 0.669. The normalized spacial score (nSPS) is 20.1. The molecule has 3 heterocycles. The number of carbonyl (C=O) groups is 2. The number of aromatic carboxylic acids is 1. The van der Waals surface area contributed by atoms with E-state index in [4.69, 9.17) is 5.11 Å². The van der Waals surface area contributed by atoms with Crippen molar-refractivity contribution in [3.8, 4) is 0 Å². The van der Waals surface area contributed by atoms with Crippen molar-refractivity contribution in [3.63, 3.8) is 0 Å². The second-order valence-corrected chi connectivity index (χ2v) is 7.49. The fraction of sp³-hybridized carbons (Fsp3) is 0.381. The zero-order chi connectivity index (χ0) is 23.4. The first-order valence-corrected chi connectivity index (χ1v) is 9.93. The molecule has 3 rings (SSSR count). The number of carbonyl (C=O) groups excluding carboxylic acids is 1. The number of anilines is 1. The summed E-state index contributed by atoms with van der Waals surface area (Å²) < 4.78 is 41.1. The van der Waals surface area contributed by atoms with E-state index in [-0.39, 0.29) is 30.4 Å². The topological polar surface area (TPSA) is 99.0 Å². The number of hydrogen-bond donors (Lipinski definition) is 1. The molecule has 0 spiro atoms. The molecule has 1 saturated heterocycles. The van der Waals surface area contributed by atoms with E-state index in [1.54, 1.807) is 4.90 Å². The van der Waals surface area contributed by atoms with Crippen LogP contribution in [-0.4, -0.2) is 57.3 Å². The maximum absolute atomic E-state index is 14.4. The van der Waals surface area contributed by atoms with Crippen molar-refractivity contribution in [3.05, 3.63) is 53.8 Å². The third-order valence-corrected chi connectivity index (χ3v) is 5.26. The van der Waals surface area contributed by atoms with Gasteiger partial charge in [0.05, 0.1) is 11.9 Å². The zero-order valence-corrected chi connectivity index (χ0v) is 17.3. The summed E-state index contributed by atoms with van der Waals surface area (Å²) in [6.07, 6.45) is 5.41. The smallest absolute Gasteiger partial charge is 0.357 e. The number of piperidine rings is 1. The lowest BCUT2D eigenvalue weighted by atomic mass is 9.94. The molecule has 0 radical (unpaired) electrons. The number of allylic oxidation sites excluding steroid dienone is 3. The van der Waals surface area contributed by atoms with Gasteiger partial charge in [-0.1, -0.05) is 6.58 Å². The zero-order valence-electron chi connectivity index (χ0n) is 17.3. The third-order valence-electron chi connectivity index (χ3n) is 5.26. The van der Waals surface area contributed by atoms with E-state index in [1.165, 1.54) is 11.2 Å². The molecule has 0 saturated carbocycles. The minimum Gasteiger partial charge on any atom is -0.476 e. The molecule has 1 aromatic rings. The Balaban J connectivity index is 1.66. The van der Waals surface area contributed by atoms with E-state index >= 15 is 0 Å². The van der Waals surface area contributed by atoms with Gasteiger partial charge in [-0.15, -0.1) is 0 Å². The van der Waals surface area contributed by atoms with Gasteiger partial charge in [0, 0.05) is 37.7 Å². The first-order valence-electron chi connectivity index (χ1n) is 9.93. The molecule has 8 nitrogen and oxygen atoms in total. The van der Waals surface area contributed by atoms with Gasteiger partial charge < -0.3 is 10.0 Å². The number of rotatable bonds is 6. The Kier molecular flexibility index (Phi) is 7.06. The summed E-state index contributed by atoms with van der Waals surface area (Å²) in [5.41, 5.74) is -0.424. The van der Waals surface area contributed by atoms with Gasteiger partial charge in [-0.3, -0.25) is 4.79 Å². The standard InChI is InChI=1S/C21H22F3N5O3/c1-12(9-15(23)10-13(2)22)16-3-6-27-29(16)20(30)14-4-7-28(8-5-14)19-17(24)18(21(31)32)25-11-26-19/h6,9-11,14,16H,1,3-5,7-8H2,2H3,(H,31,32)/b13-10+,15-9+/t16-/m0/s1. The van der Waals surface area contributed by atoms with Crippen LogP contribution in [0, 0.1) is 11.7 Å². The highest BCUT2D eigenvalue weighted by molar-refractivity contribution is 5.86. The van der Waals surface area contributed by atoms with Crippen molar-refractivity contribution in [1.82, 2.24) is 15.0 Å². The molecule has 2 aliphatic heterocycles. The average molecular weight is 449 g/mol. The van der Waals surface area contributed by atoms with E-state index < -0.39 is 41.1 Å². The second kappa shape index (κ2) is 9.75. The molecule has 0 unspecified atom stereocenters. The van der Waals surface area contributed by atoms with Crippen molar-refractivity contribution in [2.75, 3.05) is 18.0 Å². The molecule has 1 amide bonds. The number of aromatic nitrogens is 2. The Morgan fingerprint density at radius 2 is 1.91 bits per heavy atom. The van der Waals surface area contributed by atoms with Crippen LogP contribution < -0.4 is 4.90 Å². The minimum absolute atomic E-state index is 0.120. The SMILES string of the molecule is C=C(/C=C(F)\C=C(/C)F)[C@@H]1CC=NN1C(=O)C1CCN(c2ncnc(C(=O)O)c2F)CC1. The van der Waals surface area contributed by atoms with Gasteiger partial charge in [0.25, 0.3) is 0 Å². The van der Waals surface area contributed by atoms with Gasteiger partial charge in [-0.25, -0.2) is 32.9 Å². The van der Waals surface area contributed by atoms with Crippen LogP contribution in [0.4, 0.5) is 19.0 Å². The number of carboxylic acid groups (broad SMARTS) is 1. The first kappa shape index (κ1) is 23.2. The maximum atomic E-state index is 14.4. The minimum atomic E-state index is -1.49. The highest BCUT2D eigenvalue weighted by atomic mass is 19.1. The molecule has 32 heavy (non-hydrogen) atoms. The summed E-state index contributed by atoms with van der Waals surface area (Å²) in [5.74, 6) is -4.81. The lowest BCUT2D eigenvalue weighted by Gasteiger charge is -2.34. The summed E-state index contributed by atoms with van der Waals surface area (Å²) in [5, 5.41) is 14.4. The lowest BCUT2D eigenvalue weighted by molar-refractivity contribution is -0.137. The van der Waals surface area contributed by atoms with E-state index in [0.29, 0.717) is 19.3 Å². The highest BCUT2D eigenvalue weighted by Crippen LogP contribution is 2.29. The largest absolute Gasteiger partial charge is 0.476 e. The Bertz CT molecular complexity index is 1010. The number of amides is 1. The van der Waals surface area contributed by atoms with Crippen molar-refractivity contribution < 1.29 is 27.9 Å². The van der Waals surface area contributed by atoms with Crippen LogP contribution in [0.3, 0.4) is 0 Å². The molecule has 1 aromatic heterocycles. The average Bonchev–Trinajstić information content (AvgIpc) is 3.23. The predicted molar refractivity (Wildman–Crippen MR) is 111 cm³/mol. The molecule has 1 N–H and O–H groups in total. The monoisotopic (exact) mass is 449 g/mol. The van der Waals surface area contributed by atoms with E-state index in [1.807, 2.05) is 0 Å². The van der Waals surface area contributed by atoms with Gasteiger partial charge in [0.15, 0.2) is 17.3 Å². The van der Waals surface area contributed by atoms with Crippen molar-refractivity contribution in [2.24, 2.45) is 11.0 Å². The van der Waals surface area contributed by atoms with Gasteiger partial charge in [-0.05, 0) is 31.4 Å². The Hall–Kier alpha value is -3.50. The molecule has 170 valence electrons. The molecule has 0 aliphatic carbocycles. The summed E-state index contributed by atoms with van der Waals surface area (Å²) in [7, 11) is 0. The summed E-state index contributed by atoms with van der Waals surface area (Å²) >= 11 is 0. The number of halogens is 3. The molecule has 2 aliphatic rings. The summed E-state index contributed by atoms with van der Waals surface area (Å²) in [4.78, 5) is 33.0. The Labute approximate surface area is 182 Å². The van der Waals surface area contributed by atoms with Crippen LogP contribution in [0.1, 0.15) is 36.7 Å². The van der Waals surface area contributed by atoms with Gasteiger partial charge in [0.2, 0.25) is 5.91 Å². The van der Waals surface area contributed by atoms with Crippen molar-refractivity contribution in [1.29, 1.82) is 0 Å². The molecule has 0 aromatic carbocycles. The van der Waals surface area contributed by atoms with E-state index in [2.05, 4.69) is 21.6 Å². The number of hydrazone groups is 1. The lowest BCUT2D eigenvalue weighted by Crippen LogP contribution is -2.43. The van der Waals surface area contributed by atoms with Gasteiger partial charge in [-0.2, -0.15) is 5.10 Å². The maximum Gasteiger partial charge on any atom is 0.357 e. The molecule has 11 heteroatoms. The fourth-order valence-corrected chi connectivity index (χ4v) is 3.69. The van der Waals surface area contributed by atoms with Gasteiger partial charge in [0.1, 0.15) is 12.2 Å². The van der Waals surface area contributed by atoms with Crippen molar-refractivity contribution >= 4 is 23.9 Å². The number of carboxylic acids is 1. The molecule has 1 atom stereocenters. The van der Waals surface area contributed by atoms with Gasteiger partial charge >= 0.3 is 5.97 Å².